The zero-order chi connectivity index (χ0) is 21.3. The maximum absolute atomic E-state index is 13.2. The van der Waals surface area contributed by atoms with Crippen LogP contribution in [0.1, 0.15) is 16.7 Å². The molecule has 0 fully saturated rings. The largest absolute Gasteiger partial charge is 0.337 e. The van der Waals surface area contributed by atoms with E-state index in [9.17, 15) is 9.59 Å². The lowest BCUT2D eigenvalue weighted by molar-refractivity contribution is 0.689. The Balaban J connectivity index is 2.01. The minimum Gasteiger partial charge on any atom is -0.320 e. The van der Waals surface area contributed by atoms with Gasteiger partial charge in [-0.25, -0.2) is 14.3 Å². The number of aromatic nitrogens is 4. The van der Waals surface area contributed by atoms with Crippen LogP contribution in [-0.4, -0.2) is 18.7 Å². The Morgan fingerprint density at radius 1 is 1.17 bits per heavy atom. The molecule has 0 aliphatic carbocycles. The summed E-state index contributed by atoms with van der Waals surface area (Å²) in [5.74, 6) is 0. The molecule has 7 nitrogen and oxygen atoms in total. The number of imidazole rings is 1. The van der Waals surface area contributed by atoms with Crippen molar-refractivity contribution in [3.8, 4) is 11.8 Å². The fraction of sp³-hybridized carbons (Fsp3) is 0.130. The number of rotatable bonds is 5. The van der Waals surface area contributed by atoms with E-state index < -0.39 is 11.2 Å². The van der Waals surface area contributed by atoms with Crippen LogP contribution in [0.4, 0.5) is 0 Å². The third-order valence-corrected chi connectivity index (χ3v) is 4.98. The summed E-state index contributed by atoms with van der Waals surface area (Å²) in [6, 6.07) is 16.8. The summed E-state index contributed by atoms with van der Waals surface area (Å²) >= 11 is 0. The quantitative estimate of drug-likeness (QED) is 0.485. The van der Waals surface area contributed by atoms with E-state index >= 15 is 0 Å². The van der Waals surface area contributed by atoms with Crippen LogP contribution in [0.2, 0.25) is 0 Å². The van der Waals surface area contributed by atoms with E-state index in [-0.39, 0.29) is 6.54 Å². The Kier molecular flexibility index (Phi) is 4.90. The van der Waals surface area contributed by atoms with Crippen molar-refractivity contribution in [2.24, 2.45) is 0 Å². The predicted octanol–water partition coefficient (Wildman–Crippen LogP) is 2.76. The van der Waals surface area contributed by atoms with Gasteiger partial charge in [0.1, 0.15) is 0 Å². The average Bonchev–Trinajstić information content (AvgIpc) is 3.16. The number of aryl methyl sites for hydroxylation is 1. The molecule has 0 saturated carbocycles. The summed E-state index contributed by atoms with van der Waals surface area (Å²) in [5, 5.41) is 9.15. The molecule has 0 unspecified atom stereocenters. The SMILES string of the molecule is C=CCn1c(=O)c2c(ncn2Cc2cccc(C#N)c2)n(-c2ccccc2C)c1=O. The van der Waals surface area contributed by atoms with Crippen LogP contribution in [0.15, 0.2) is 77.1 Å². The van der Waals surface area contributed by atoms with Gasteiger partial charge in [-0.05, 0) is 36.2 Å². The first-order valence-electron chi connectivity index (χ1n) is 9.41. The Morgan fingerprint density at radius 2 is 1.97 bits per heavy atom. The highest BCUT2D eigenvalue weighted by Gasteiger charge is 2.19. The van der Waals surface area contributed by atoms with E-state index in [1.165, 1.54) is 10.6 Å². The van der Waals surface area contributed by atoms with Crippen molar-refractivity contribution >= 4 is 11.2 Å². The van der Waals surface area contributed by atoms with Crippen molar-refractivity contribution in [1.29, 1.82) is 5.26 Å². The summed E-state index contributed by atoms with van der Waals surface area (Å²) < 4.78 is 4.34. The molecule has 0 saturated heterocycles. The number of allylic oxidation sites excluding steroid dienone is 1. The Bertz CT molecular complexity index is 1430. The predicted molar refractivity (Wildman–Crippen MR) is 115 cm³/mol. The molecule has 0 amide bonds. The van der Waals surface area contributed by atoms with E-state index in [2.05, 4.69) is 17.6 Å². The molecule has 4 rings (SSSR count). The maximum atomic E-state index is 13.2. The van der Waals surface area contributed by atoms with E-state index in [0.717, 1.165) is 15.7 Å². The number of nitrogens with zero attached hydrogens (tertiary/aromatic N) is 5. The lowest BCUT2D eigenvalue weighted by Gasteiger charge is -2.13. The number of fused-ring (bicyclic) bond motifs is 1. The molecule has 2 aromatic carbocycles. The van der Waals surface area contributed by atoms with Crippen molar-refractivity contribution in [3.05, 3.63) is 105 Å². The van der Waals surface area contributed by atoms with Crippen molar-refractivity contribution in [2.75, 3.05) is 0 Å². The lowest BCUT2D eigenvalue weighted by Crippen LogP contribution is -2.40. The van der Waals surface area contributed by atoms with Crippen LogP contribution < -0.4 is 11.2 Å². The molecule has 0 aliphatic heterocycles. The molecule has 7 heteroatoms. The Labute approximate surface area is 172 Å². The van der Waals surface area contributed by atoms with E-state index in [1.807, 2.05) is 37.3 Å². The summed E-state index contributed by atoms with van der Waals surface area (Å²) in [7, 11) is 0. The normalized spacial score (nSPS) is 10.8. The first-order valence-corrected chi connectivity index (χ1v) is 9.41. The van der Waals surface area contributed by atoms with Gasteiger partial charge < -0.3 is 4.57 Å². The molecule has 148 valence electrons. The van der Waals surface area contributed by atoms with Crippen LogP contribution in [0.25, 0.3) is 16.9 Å². The topological polar surface area (TPSA) is 85.6 Å². The van der Waals surface area contributed by atoms with Crippen molar-refractivity contribution < 1.29 is 0 Å². The van der Waals surface area contributed by atoms with Gasteiger partial charge >= 0.3 is 5.69 Å². The lowest BCUT2D eigenvalue weighted by atomic mass is 10.1. The van der Waals surface area contributed by atoms with Gasteiger partial charge in [0, 0.05) is 13.1 Å². The fourth-order valence-electron chi connectivity index (χ4n) is 3.56. The molecular formula is C23H19N5O2. The van der Waals surface area contributed by atoms with Crippen molar-refractivity contribution in [3.63, 3.8) is 0 Å². The second-order valence-corrected chi connectivity index (χ2v) is 6.97. The van der Waals surface area contributed by atoms with Crippen LogP contribution in [0.3, 0.4) is 0 Å². The standard InChI is InChI=1S/C23H19N5O2/c1-3-11-27-22(29)20-21(28(23(27)30)19-10-5-4-7-16(19)2)25-15-26(20)14-18-9-6-8-17(12-18)13-24/h3-10,12,15H,1,11,14H2,2H3. The number of nitriles is 1. The summed E-state index contributed by atoms with van der Waals surface area (Å²) in [6.07, 6.45) is 3.07. The van der Waals surface area contributed by atoms with Gasteiger partial charge in [0.2, 0.25) is 0 Å². The Morgan fingerprint density at radius 3 is 2.70 bits per heavy atom. The second-order valence-electron chi connectivity index (χ2n) is 6.97. The number of para-hydroxylation sites is 1. The molecule has 0 N–H and O–H groups in total. The average molecular weight is 397 g/mol. The van der Waals surface area contributed by atoms with Crippen LogP contribution in [-0.2, 0) is 13.1 Å². The molecule has 30 heavy (non-hydrogen) atoms. The molecule has 0 aliphatic rings. The third-order valence-electron chi connectivity index (χ3n) is 4.98. The third kappa shape index (κ3) is 3.14. The minimum absolute atomic E-state index is 0.0919. The van der Waals surface area contributed by atoms with Gasteiger partial charge in [-0.15, -0.1) is 6.58 Å². The van der Waals surface area contributed by atoms with Gasteiger partial charge in [-0.2, -0.15) is 5.26 Å². The van der Waals surface area contributed by atoms with Gasteiger partial charge in [0.15, 0.2) is 11.2 Å². The number of hydrogen-bond donors (Lipinski definition) is 0. The Hall–Kier alpha value is -4.18. The smallest absolute Gasteiger partial charge is 0.320 e. The number of hydrogen-bond acceptors (Lipinski definition) is 4. The van der Waals surface area contributed by atoms with Crippen LogP contribution in [0.5, 0.6) is 0 Å². The molecule has 4 aromatic rings. The summed E-state index contributed by atoms with van der Waals surface area (Å²) in [5.41, 5.74) is 2.70. The van der Waals surface area contributed by atoms with Gasteiger partial charge in [0.05, 0.1) is 23.6 Å². The van der Waals surface area contributed by atoms with Crippen molar-refractivity contribution in [1.82, 2.24) is 18.7 Å². The summed E-state index contributed by atoms with van der Waals surface area (Å²) in [6.45, 7) is 6.02. The molecule has 0 bridgehead atoms. The van der Waals surface area contributed by atoms with Gasteiger partial charge in [0.25, 0.3) is 5.56 Å². The van der Waals surface area contributed by atoms with Crippen LogP contribution >= 0.6 is 0 Å². The molecule has 2 aromatic heterocycles. The highest BCUT2D eigenvalue weighted by molar-refractivity contribution is 5.73. The zero-order valence-electron chi connectivity index (χ0n) is 16.4. The fourth-order valence-corrected chi connectivity index (χ4v) is 3.56. The maximum Gasteiger partial charge on any atom is 0.337 e. The molecule has 2 heterocycles. The highest BCUT2D eigenvalue weighted by Crippen LogP contribution is 2.17. The number of benzene rings is 2. The molecule has 0 atom stereocenters. The van der Waals surface area contributed by atoms with Crippen molar-refractivity contribution in [2.45, 2.75) is 20.0 Å². The molecule has 0 radical (unpaired) electrons. The molecular weight excluding hydrogens is 378 g/mol. The van der Waals surface area contributed by atoms with E-state index in [0.29, 0.717) is 29.0 Å². The first-order chi connectivity index (χ1) is 14.5. The minimum atomic E-state index is -0.460. The van der Waals surface area contributed by atoms with Gasteiger partial charge in [-0.1, -0.05) is 36.4 Å². The molecule has 0 spiro atoms. The van der Waals surface area contributed by atoms with E-state index in [4.69, 9.17) is 5.26 Å². The van der Waals surface area contributed by atoms with Gasteiger partial charge in [-0.3, -0.25) is 9.36 Å². The van der Waals surface area contributed by atoms with E-state index in [1.54, 1.807) is 29.1 Å². The monoisotopic (exact) mass is 397 g/mol. The zero-order valence-corrected chi connectivity index (χ0v) is 16.4. The van der Waals surface area contributed by atoms with Crippen LogP contribution in [0, 0.1) is 18.3 Å². The second kappa shape index (κ2) is 7.68. The highest BCUT2D eigenvalue weighted by atomic mass is 16.2. The summed E-state index contributed by atoms with van der Waals surface area (Å²) in [4.78, 5) is 30.8. The first kappa shape index (κ1) is 19.2.